The van der Waals surface area contributed by atoms with Gasteiger partial charge in [0.25, 0.3) is 11.6 Å². The maximum absolute atomic E-state index is 11.9. The predicted molar refractivity (Wildman–Crippen MR) is 110 cm³/mol. The molecule has 0 heterocycles. The second-order valence-corrected chi connectivity index (χ2v) is 8.11. The van der Waals surface area contributed by atoms with Crippen molar-refractivity contribution in [1.29, 1.82) is 0 Å². The quantitative estimate of drug-likeness (QED) is 0.286. The van der Waals surface area contributed by atoms with Crippen LogP contribution >= 0.6 is 27.7 Å². The third-order valence-corrected chi connectivity index (χ3v) is 5.85. The summed E-state index contributed by atoms with van der Waals surface area (Å²) in [5.74, 6) is -0.887. The van der Waals surface area contributed by atoms with Gasteiger partial charge in [0.2, 0.25) is 0 Å². The maximum atomic E-state index is 11.9. The van der Waals surface area contributed by atoms with Crippen LogP contribution in [0.4, 0.5) is 11.4 Å². The van der Waals surface area contributed by atoms with Crippen LogP contribution in [0.5, 0.6) is 0 Å². The number of nitro groups is 1. The fourth-order valence-corrected chi connectivity index (χ4v) is 4.10. The number of non-ortho nitro benzene ring substituents is 1. The number of carbonyl (C=O) groups is 2. The highest BCUT2D eigenvalue weighted by Gasteiger charge is 2.14. The van der Waals surface area contributed by atoms with Crippen molar-refractivity contribution in [2.45, 2.75) is 24.2 Å². The van der Waals surface area contributed by atoms with E-state index in [0.29, 0.717) is 10.2 Å². The smallest absolute Gasteiger partial charge is 0.316 e. The van der Waals surface area contributed by atoms with E-state index in [-0.39, 0.29) is 11.4 Å². The summed E-state index contributed by atoms with van der Waals surface area (Å²) in [5, 5.41) is 13.3. The number of hydrogen-bond acceptors (Lipinski definition) is 6. The molecule has 0 saturated carbocycles. The number of carbonyl (C=O) groups excluding carboxylic acids is 2. The summed E-state index contributed by atoms with van der Waals surface area (Å²) in [7, 11) is 0. The van der Waals surface area contributed by atoms with Gasteiger partial charge < -0.3 is 10.1 Å². The highest BCUT2D eigenvalue weighted by molar-refractivity contribution is 9.10. The van der Waals surface area contributed by atoms with E-state index >= 15 is 0 Å². The Balaban J connectivity index is 1.44. The van der Waals surface area contributed by atoms with Crippen LogP contribution in [0, 0.1) is 10.1 Å². The van der Waals surface area contributed by atoms with E-state index in [2.05, 4.69) is 33.4 Å². The van der Waals surface area contributed by atoms with Crippen LogP contribution in [0.2, 0.25) is 0 Å². The molecule has 0 unspecified atom stereocenters. The summed E-state index contributed by atoms with van der Waals surface area (Å²) in [6, 6.07) is 10.2. The van der Waals surface area contributed by atoms with Crippen LogP contribution in [-0.4, -0.2) is 29.2 Å². The molecule has 3 rings (SSSR count). The molecule has 0 saturated heterocycles. The minimum atomic E-state index is -0.531. The summed E-state index contributed by atoms with van der Waals surface area (Å²) >= 11 is 4.54. The lowest BCUT2D eigenvalue weighted by atomic mass is 10.1. The van der Waals surface area contributed by atoms with E-state index in [1.54, 1.807) is 0 Å². The molecule has 0 radical (unpaired) electrons. The first-order valence-corrected chi connectivity index (χ1v) is 10.3. The molecule has 0 spiro atoms. The summed E-state index contributed by atoms with van der Waals surface area (Å²) in [6.07, 6.45) is 3.36. The van der Waals surface area contributed by atoms with Gasteiger partial charge >= 0.3 is 5.97 Å². The van der Waals surface area contributed by atoms with Crippen molar-refractivity contribution >= 4 is 50.9 Å². The molecule has 2 aromatic carbocycles. The standard InChI is InChI=1S/C19H17BrN2O5S/c20-16-9-14(22(25)26)5-7-17(16)21-18(23)10-27-19(24)11-28-15-6-4-12-2-1-3-13(12)8-15/h4-9H,1-3,10-11H2,(H,21,23). The third kappa shape index (κ3) is 5.32. The molecule has 0 aliphatic heterocycles. The highest BCUT2D eigenvalue weighted by atomic mass is 79.9. The van der Waals surface area contributed by atoms with Gasteiger partial charge in [0, 0.05) is 21.5 Å². The number of ether oxygens (including phenoxy) is 1. The molecular formula is C19H17BrN2O5S. The molecule has 28 heavy (non-hydrogen) atoms. The molecule has 1 aliphatic rings. The number of nitrogens with one attached hydrogen (secondary N) is 1. The summed E-state index contributed by atoms with van der Waals surface area (Å²) < 4.78 is 5.37. The van der Waals surface area contributed by atoms with Crippen LogP contribution in [-0.2, 0) is 27.2 Å². The monoisotopic (exact) mass is 464 g/mol. The number of benzene rings is 2. The van der Waals surface area contributed by atoms with Crippen molar-refractivity contribution in [3.63, 3.8) is 0 Å². The van der Waals surface area contributed by atoms with Gasteiger partial charge in [0.05, 0.1) is 16.4 Å². The van der Waals surface area contributed by atoms with E-state index in [1.165, 1.54) is 47.5 Å². The van der Waals surface area contributed by atoms with Crippen molar-refractivity contribution in [2.24, 2.45) is 0 Å². The largest absolute Gasteiger partial charge is 0.455 e. The Morgan fingerprint density at radius 2 is 1.96 bits per heavy atom. The number of nitrogens with zero attached hydrogens (tertiary/aromatic N) is 1. The maximum Gasteiger partial charge on any atom is 0.316 e. The summed E-state index contributed by atoms with van der Waals surface area (Å²) in [5.41, 5.74) is 2.98. The number of amides is 1. The zero-order valence-corrected chi connectivity index (χ0v) is 17.2. The van der Waals surface area contributed by atoms with E-state index in [9.17, 15) is 19.7 Å². The average molecular weight is 465 g/mol. The van der Waals surface area contributed by atoms with Gasteiger partial charge in [-0.1, -0.05) is 6.07 Å². The Hall–Kier alpha value is -2.39. The number of nitro benzene ring substituents is 1. The topological polar surface area (TPSA) is 98.5 Å². The third-order valence-electron chi connectivity index (χ3n) is 4.23. The fraction of sp³-hybridized carbons (Fsp3) is 0.263. The molecule has 0 fully saturated rings. The minimum Gasteiger partial charge on any atom is -0.455 e. The number of hydrogen-bond donors (Lipinski definition) is 1. The average Bonchev–Trinajstić information content (AvgIpc) is 3.14. The van der Waals surface area contributed by atoms with Crippen LogP contribution < -0.4 is 5.32 Å². The molecule has 9 heteroatoms. The van der Waals surface area contributed by atoms with Gasteiger partial charge in [-0.3, -0.25) is 19.7 Å². The molecule has 146 valence electrons. The Morgan fingerprint density at radius 3 is 2.71 bits per heavy atom. The zero-order valence-electron chi connectivity index (χ0n) is 14.8. The number of esters is 1. The predicted octanol–water partition coefficient (Wildman–Crippen LogP) is 4.12. The minimum absolute atomic E-state index is 0.0973. The number of anilines is 1. The van der Waals surface area contributed by atoms with Gasteiger partial charge in [0.1, 0.15) is 0 Å². The normalized spacial score (nSPS) is 12.3. The Kier molecular flexibility index (Phi) is 6.69. The number of halogens is 1. The molecule has 0 atom stereocenters. The lowest BCUT2D eigenvalue weighted by Crippen LogP contribution is -2.21. The van der Waals surface area contributed by atoms with Crippen LogP contribution in [0.15, 0.2) is 45.8 Å². The lowest BCUT2D eigenvalue weighted by Gasteiger charge is -2.08. The van der Waals surface area contributed by atoms with E-state index in [1.807, 2.05) is 6.07 Å². The van der Waals surface area contributed by atoms with Gasteiger partial charge in [0.15, 0.2) is 6.61 Å². The van der Waals surface area contributed by atoms with Gasteiger partial charge in [-0.05, 0) is 64.5 Å². The molecule has 7 nitrogen and oxygen atoms in total. The highest BCUT2D eigenvalue weighted by Crippen LogP contribution is 2.28. The Labute approximate surface area is 174 Å². The van der Waals surface area contributed by atoms with E-state index in [4.69, 9.17) is 4.74 Å². The van der Waals surface area contributed by atoms with E-state index in [0.717, 1.165) is 17.7 Å². The van der Waals surface area contributed by atoms with Crippen molar-refractivity contribution in [2.75, 3.05) is 17.7 Å². The molecule has 1 aliphatic carbocycles. The van der Waals surface area contributed by atoms with Crippen LogP contribution in [0.3, 0.4) is 0 Å². The number of fused-ring (bicyclic) bond motifs is 1. The number of rotatable bonds is 7. The van der Waals surface area contributed by atoms with Crippen molar-refractivity contribution in [1.82, 2.24) is 0 Å². The molecule has 0 bridgehead atoms. The first kappa shape index (κ1) is 20.3. The van der Waals surface area contributed by atoms with Crippen molar-refractivity contribution in [3.8, 4) is 0 Å². The Morgan fingerprint density at radius 1 is 1.18 bits per heavy atom. The molecule has 2 aromatic rings. The molecule has 0 aromatic heterocycles. The number of aryl methyl sites for hydroxylation is 2. The summed E-state index contributed by atoms with van der Waals surface area (Å²) in [4.78, 5) is 35.0. The van der Waals surface area contributed by atoms with Gasteiger partial charge in [-0.2, -0.15) is 0 Å². The SMILES string of the molecule is O=C(COC(=O)CSc1ccc2c(c1)CCC2)Nc1ccc([N+](=O)[O-])cc1Br. The van der Waals surface area contributed by atoms with Crippen LogP contribution in [0.25, 0.3) is 0 Å². The Bertz CT molecular complexity index is 935. The first-order chi connectivity index (χ1) is 13.4. The second kappa shape index (κ2) is 9.20. The lowest BCUT2D eigenvalue weighted by molar-refractivity contribution is -0.384. The number of thioether (sulfide) groups is 1. The van der Waals surface area contributed by atoms with Gasteiger partial charge in [-0.15, -0.1) is 11.8 Å². The molecular weight excluding hydrogens is 448 g/mol. The molecule has 1 amide bonds. The van der Waals surface area contributed by atoms with E-state index < -0.39 is 23.4 Å². The first-order valence-electron chi connectivity index (χ1n) is 8.56. The van der Waals surface area contributed by atoms with Crippen molar-refractivity contribution in [3.05, 3.63) is 62.1 Å². The van der Waals surface area contributed by atoms with Crippen molar-refractivity contribution < 1.29 is 19.2 Å². The second-order valence-electron chi connectivity index (χ2n) is 6.20. The van der Waals surface area contributed by atoms with Gasteiger partial charge in [-0.25, -0.2) is 0 Å². The summed E-state index contributed by atoms with van der Waals surface area (Å²) in [6.45, 7) is -0.424. The molecule has 1 N–H and O–H groups in total. The fourth-order valence-electron chi connectivity index (χ4n) is 2.87. The zero-order chi connectivity index (χ0) is 20.1. The van der Waals surface area contributed by atoms with Crippen LogP contribution in [0.1, 0.15) is 17.5 Å².